The Bertz CT molecular complexity index is 877. The lowest BCUT2D eigenvalue weighted by molar-refractivity contribution is -0.384. The fraction of sp³-hybridized carbons (Fsp3) is 0.350. The van der Waals surface area contributed by atoms with Gasteiger partial charge in [-0.05, 0) is 37.1 Å². The van der Waals surface area contributed by atoms with Crippen molar-refractivity contribution in [2.45, 2.75) is 19.4 Å². The van der Waals surface area contributed by atoms with E-state index in [1.54, 1.807) is 31.4 Å². The van der Waals surface area contributed by atoms with Gasteiger partial charge in [0.1, 0.15) is 18.1 Å². The van der Waals surface area contributed by atoms with Crippen LogP contribution in [0, 0.1) is 10.1 Å². The molecule has 1 saturated heterocycles. The molecule has 2 aromatic carbocycles. The van der Waals surface area contributed by atoms with Crippen LogP contribution in [0.2, 0.25) is 0 Å². The summed E-state index contributed by atoms with van der Waals surface area (Å²) in [6.45, 7) is 1.57. The van der Waals surface area contributed by atoms with Gasteiger partial charge in [0.05, 0.1) is 30.4 Å². The molecule has 0 bridgehead atoms. The number of methoxy groups -OCH3 is 2. The zero-order valence-corrected chi connectivity index (χ0v) is 15.8. The number of nitro groups is 1. The quantitative estimate of drug-likeness (QED) is 0.408. The summed E-state index contributed by atoms with van der Waals surface area (Å²) < 4.78 is 16.0. The van der Waals surface area contributed by atoms with Crippen LogP contribution in [0.4, 0.5) is 11.4 Å². The van der Waals surface area contributed by atoms with E-state index in [2.05, 4.69) is 0 Å². The maximum atomic E-state index is 12.8. The summed E-state index contributed by atoms with van der Waals surface area (Å²) in [6, 6.07) is 9.50. The van der Waals surface area contributed by atoms with Crippen molar-refractivity contribution in [3.8, 4) is 11.5 Å². The smallest absolute Gasteiger partial charge is 0.340 e. The number of anilines is 1. The fourth-order valence-corrected chi connectivity index (χ4v) is 3.25. The lowest BCUT2D eigenvalue weighted by Crippen LogP contribution is -2.21. The molecule has 0 aromatic heterocycles. The minimum absolute atomic E-state index is 0.0403. The van der Waals surface area contributed by atoms with Crippen LogP contribution in [-0.2, 0) is 11.3 Å². The Balaban J connectivity index is 1.85. The van der Waals surface area contributed by atoms with Gasteiger partial charge in [-0.3, -0.25) is 10.1 Å². The molecule has 0 N–H and O–H groups in total. The monoisotopic (exact) mass is 386 g/mol. The highest BCUT2D eigenvalue weighted by molar-refractivity contribution is 5.96. The molecule has 0 spiro atoms. The normalized spacial score (nSPS) is 13.3. The molecule has 1 fully saturated rings. The van der Waals surface area contributed by atoms with E-state index in [4.69, 9.17) is 14.2 Å². The summed E-state index contributed by atoms with van der Waals surface area (Å²) in [7, 11) is 3.07. The number of non-ortho nitro benzene ring substituents is 1. The number of ether oxygens (including phenoxy) is 3. The largest absolute Gasteiger partial charge is 0.497 e. The van der Waals surface area contributed by atoms with Crippen LogP contribution in [0.25, 0.3) is 0 Å². The maximum absolute atomic E-state index is 12.8. The van der Waals surface area contributed by atoms with Crippen molar-refractivity contribution in [2.75, 3.05) is 32.2 Å². The van der Waals surface area contributed by atoms with Crippen LogP contribution in [0.3, 0.4) is 0 Å². The Morgan fingerprint density at radius 1 is 1.11 bits per heavy atom. The van der Waals surface area contributed by atoms with Gasteiger partial charge in [0.15, 0.2) is 0 Å². The predicted octanol–water partition coefficient (Wildman–Crippen LogP) is 3.57. The van der Waals surface area contributed by atoms with Gasteiger partial charge in [-0.15, -0.1) is 0 Å². The summed E-state index contributed by atoms with van der Waals surface area (Å²) in [5, 5.41) is 11.2. The Hall–Kier alpha value is -3.29. The van der Waals surface area contributed by atoms with Crippen LogP contribution in [0.15, 0.2) is 36.4 Å². The average molecular weight is 386 g/mol. The van der Waals surface area contributed by atoms with Crippen molar-refractivity contribution in [1.29, 1.82) is 0 Å². The Morgan fingerprint density at radius 3 is 2.50 bits per heavy atom. The summed E-state index contributed by atoms with van der Waals surface area (Å²) in [6.07, 6.45) is 2.04. The predicted molar refractivity (Wildman–Crippen MR) is 103 cm³/mol. The Morgan fingerprint density at radius 2 is 1.86 bits per heavy atom. The van der Waals surface area contributed by atoms with Gasteiger partial charge in [-0.2, -0.15) is 0 Å². The third-order valence-corrected chi connectivity index (χ3v) is 4.70. The molecule has 3 rings (SSSR count). The molecule has 1 heterocycles. The van der Waals surface area contributed by atoms with Crippen molar-refractivity contribution in [3.63, 3.8) is 0 Å². The molecule has 0 aliphatic carbocycles. The molecule has 0 radical (unpaired) electrons. The van der Waals surface area contributed by atoms with E-state index < -0.39 is 10.9 Å². The molecule has 8 heteroatoms. The first kappa shape index (κ1) is 19.5. The number of esters is 1. The molecule has 0 saturated carbocycles. The van der Waals surface area contributed by atoms with Gasteiger partial charge in [0.25, 0.3) is 5.69 Å². The van der Waals surface area contributed by atoms with Crippen molar-refractivity contribution in [1.82, 2.24) is 0 Å². The number of nitro benzene ring substituents is 1. The molecule has 2 aromatic rings. The van der Waals surface area contributed by atoms with E-state index in [1.165, 1.54) is 19.2 Å². The van der Waals surface area contributed by atoms with Crippen LogP contribution in [0.5, 0.6) is 11.5 Å². The minimum atomic E-state index is -0.615. The lowest BCUT2D eigenvalue weighted by Gasteiger charge is -2.20. The van der Waals surface area contributed by atoms with Crippen molar-refractivity contribution in [3.05, 3.63) is 57.6 Å². The molecule has 1 aliphatic rings. The Kier molecular flexibility index (Phi) is 5.98. The van der Waals surface area contributed by atoms with Crippen LogP contribution < -0.4 is 14.4 Å². The minimum Gasteiger partial charge on any atom is -0.497 e. The molecule has 0 atom stereocenters. The molecular formula is C20H22N2O6. The fourth-order valence-electron chi connectivity index (χ4n) is 3.25. The zero-order chi connectivity index (χ0) is 20.1. The van der Waals surface area contributed by atoms with Gasteiger partial charge in [0, 0.05) is 30.8 Å². The van der Waals surface area contributed by atoms with Crippen LogP contribution in [-0.4, -0.2) is 38.2 Å². The second-order valence-electron chi connectivity index (χ2n) is 6.41. The first-order valence-corrected chi connectivity index (χ1v) is 8.95. The summed E-state index contributed by atoms with van der Waals surface area (Å²) in [5.74, 6) is 0.558. The molecule has 8 nitrogen and oxygen atoms in total. The van der Waals surface area contributed by atoms with E-state index in [9.17, 15) is 14.9 Å². The topological polar surface area (TPSA) is 91.1 Å². The van der Waals surface area contributed by atoms with E-state index in [0.29, 0.717) is 22.7 Å². The average Bonchev–Trinajstić information content (AvgIpc) is 3.25. The Labute approximate surface area is 162 Å². The number of rotatable bonds is 7. The second-order valence-corrected chi connectivity index (χ2v) is 6.41. The van der Waals surface area contributed by atoms with Crippen molar-refractivity contribution in [2.24, 2.45) is 0 Å². The van der Waals surface area contributed by atoms with E-state index in [1.807, 2.05) is 4.90 Å². The summed E-state index contributed by atoms with van der Waals surface area (Å²) in [4.78, 5) is 25.5. The number of carbonyl (C=O) groups excluding carboxylic acids is 1. The summed E-state index contributed by atoms with van der Waals surface area (Å²) >= 11 is 0. The van der Waals surface area contributed by atoms with E-state index >= 15 is 0 Å². The molecule has 1 aliphatic heterocycles. The number of carbonyl (C=O) groups is 1. The number of nitrogens with zero attached hydrogens (tertiary/aromatic N) is 2. The molecule has 0 unspecified atom stereocenters. The molecule has 0 amide bonds. The van der Waals surface area contributed by atoms with Gasteiger partial charge >= 0.3 is 5.97 Å². The maximum Gasteiger partial charge on any atom is 0.340 e. The number of hydrogen-bond acceptors (Lipinski definition) is 7. The van der Waals surface area contributed by atoms with Crippen LogP contribution in [0.1, 0.15) is 28.8 Å². The lowest BCUT2D eigenvalue weighted by atomic mass is 10.1. The standard InChI is InChI=1S/C20H22N2O6/c1-26-16-6-8-19(27-2)14(11-16)13-28-20(23)17-12-15(22(24)25)5-7-18(17)21-9-3-4-10-21/h5-8,11-12H,3-4,9-10,13H2,1-2H3. The first-order valence-electron chi connectivity index (χ1n) is 8.95. The molecule has 148 valence electrons. The molecular weight excluding hydrogens is 364 g/mol. The summed E-state index contributed by atoms with van der Waals surface area (Å²) in [5.41, 5.74) is 1.35. The van der Waals surface area contributed by atoms with E-state index in [-0.39, 0.29) is 17.9 Å². The zero-order valence-electron chi connectivity index (χ0n) is 15.8. The SMILES string of the molecule is COc1ccc(OC)c(COC(=O)c2cc([N+](=O)[O-])ccc2N2CCCC2)c1. The van der Waals surface area contributed by atoms with E-state index in [0.717, 1.165) is 25.9 Å². The highest BCUT2D eigenvalue weighted by Crippen LogP contribution is 2.30. The van der Waals surface area contributed by atoms with Gasteiger partial charge in [-0.1, -0.05) is 0 Å². The highest BCUT2D eigenvalue weighted by atomic mass is 16.6. The molecule has 28 heavy (non-hydrogen) atoms. The van der Waals surface area contributed by atoms with Gasteiger partial charge in [0.2, 0.25) is 0 Å². The number of benzene rings is 2. The third-order valence-electron chi connectivity index (χ3n) is 4.70. The first-order chi connectivity index (χ1) is 13.5. The van der Waals surface area contributed by atoms with Crippen LogP contribution >= 0.6 is 0 Å². The highest BCUT2D eigenvalue weighted by Gasteiger charge is 2.23. The van der Waals surface area contributed by atoms with Crippen molar-refractivity contribution >= 4 is 17.3 Å². The van der Waals surface area contributed by atoms with Gasteiger partial charge in [-0.25, -0.2) is 4.79 Å². The van der Waals surface area contributed by atoms with Gasteiger partial charge < -0.3 is 19.1 Å². The third kappa shape index (κ3) is 4.16. The van der Waals surface area contributed by atoms with Crippen molar-refractivity contribution < 1.29 is 23.9 Å². The second kappa shape index (κ2) is 8.60. The number of hydrogen-bond donors (Lipinski definition) is 0.